The summed E-state index contributed by atoms with van der Waals surface area (Å²) in [6, 6.07) is 0.163. The summed E-state index contributed by atoms with van der Waals surface area (Å²) in [5.41, 5.74) is 0. The Hall–Kier alpha value is -0.770. The maximum Gasteiger partial charge on any atom is 0.319 e. The van der Waals surface area contributed by atoms with Gasteiger partial charge in [0.05, 0.1) is 0 Å². The maximum atomic E-state index is 11.8. The number of nitrogens with zero attached hydrogens (tertiary/aromatic N) is 2. The Morgan fingerprint density at radius 3 is 2.53 bits per heavy atom. The molecule has 4 heteroatoms. The van der Waals surface area contributed by atoms with Gasteiger partial charge in [0.25, 0.3) is 0 Å². The number of hydrogen-bond donors (Lipinski definition) is 1. The molecule has 2 amide bonds. The van der Waals surface area contributed by atoms with E-state index in [0.717, 1.165) is 51.7 Å². The normalized spacial score (nSPS) is 15.7. The third kappa shape index (κ3) is 4.08. The van der Waals surface area contributed by atoms with Crippen LogP contribution in [-0.4, -0.2) is 54.2 Å². The maximum absolute atomic E-state index is 11.8. The van der Waals surface area contributed by atoms with Gasteiger partial charge in [-0.2, -0.15) is 0 Å². The number of aliphatic hydroxyl groups is 1. The van der Waals surface area contributed by atoms with E-state index in [0.29, 0.717) is 0 Å². The zero-order valence-corrected chi connectivity index (χ0v) is 9.61. The summed E-state index contributed by atoms with van der Waals surface area (Å²) in [7, 11) is 1.86. The second-order valence-corrected chi connectivity index (χ2v) is 4.18. The van der Waals surface area contributed by atoms with Gasteiger partial charge in [0.1, 0.15) is 0 Å². The fourth-order valence-electron chi connectivity index (χ4n) is 1.88. The Morgan fingerprint density at radius 1 is 1.27 bits per heavy atom. The first kappa shape index (κ1) is 12.3. The van der Waals surface area contributed by atoms with Gasteiger partial charge in [-0.05, 0) is 32.1 Å². The van der Waals surface area contributed by atoms with Gasteiger partial charge in [-0.15, -0.1) is 0 Å². The number of carbonyl (C=O) groups is 1. The highest BCUT2D eigenvalue weighted by atomic mass is 16.2. The van der Waals surface area contributed by atoms with Gasteiger partial charge in [-0.1, -0.05) is 0 Å². The number of unbranched alkanes of at least 4 members (excludes halogenated alkanes) is 2. The predicted octanol–water partition coefficient (Wildman–Crippen LogP) is 1.30. The van der Waals surface area contributed by atoms with Crippen molar-refractivity contribution in [3.8, 4) is 0 Å². The number of likely N-dealkylation sites (tertiary alicyclic amines) is 1. The van der Waals surface area contributed by atoms with Crippen LogP contribution in [0.1, 0.15) is 32.1 Å². The molecule has 0 atom stereocenters. The molecule has 0 spiro atoms. The van der Waals surface area contributed by atoms with Crippen molar-refractivity contribution in [2.75, 3.05) is 33.3 Å². The number of aliphatic hydroxyl groups excluding tert-OH is 1. The van der Waals surface area contributed by atoms with E-state index < -0.39 is 0 Å². The van der Waals surface area contributed by atoms with Gasteiger partial charge in [0, 0.05) is 33.3 Å². The molecule has 1 rings (SSSR count). The van der Waals surface area contributed by atoms with Crippen LogP contribution in [0.5, 0.6) is 0 Å². The quantitative estimate of drug-likeness (QED) is 0.701. The average Bonchev–Trinajstić information content (AvgIpc) is 2.76. The van der Waals surface area contributed by atoms with Crippen molar-refractivity contribution in [3.63, 3.8) is 0 Å². The van der Waals surface area contributed by atoms with Gasteiger partial charge in [0.2, 0.25) is 0 Å². The van der Waals surface area contributed by atoms with E-state index in [1.807, 2.05) is 11.9 Å². The van der Waals surface area contributed by atoms with Crippen LogP contribution in [0.15, 0.2) is 0 Å². The fourth-order valence-corrected chi connectivity index (χ4v) is 1.88. The van der Waals surface area contributed by atoms with Gasteiger partial charge in [-0.3, -0.25) is 0 Å². The fraction of sp³-hybridized carbons (Fsp3) is 0.909. The van der Waals surface area contributed by atoms with E-state index in [1.54, 1.807) is 4.90 Å². The molecule has 4 nitrogen and oxygen atoms in total. The monoisotopic (exact) mass is 214 g/mol. The summed E-state index contributed by atoms with van der Waals surface area (Å²) in [5, 5.41) is 8.62. The Labute approximate surface area is 91.9 Å². The van der Waals surface area contributed by atoms with Gasteiger partial charge in [-0.25, -0.2) is 4.79 Å². The lowest BCUT2D eigenvalue weighted by molar-refractivity contribution is 0.172. The van der Waals surface area contributed by atoms with Crippen LogP contribution in [0.4, 0.5) is 4.79 Å². The number of carbonyl (C=O) groups excluding carboxylic acids is 1. The molecule has 0 aromatic rings. The molecule has 1 saturated heterocycles. The molecule has 0 aromatic carbocycles. The van der Waals surface area contributed by atoms with Crippen LogP contribution >= 0.6 is 0 Å². The van der Waals surface area contributed by atoms with Crippen LogP contribution in [0.2, 0.25) is 0 Å². The molecule has 1 N–H and O–H groups in total. The minimum Gasteiger partial charge on any atom is -0.396 e. The molecule has 1 aliphatic heterocycles. The van der Waals surface area contributed by atoms with E-state index in [2.05, 4.69) is 0 Å². The van der Waals surface area contributed by atoms with E-state index in [9.17, 15) is 4.79 Å². The molecule has 0 aromatic heterocycles. The molecule has 0 aliphatic carbocycles. The highest BCUT2D eigenvalue weighted by Gasteiger charge is 2.20. The standard InChI is InChI=1S/C11H22N2O2/c1-12(7-3-2-6-10-14)11(15)13-8-4-5-9-13/h14H,2-10H2,1H3. The van der Waals surface area contributed by atoms with Gasteiger partial charge in [0.15, 0.2) is 0 Å². The van der Waals surface area contributed by atoms with Crippen molar-refractivity contribution in [3.05, 3.63) is 0 Å². The molecular formula is C11H22N2O2. The zero-order valence-electron chi connectivity index (χ0n) is 9.61. The first-order valence-electron chi connectivity index (χ1n) is 5.86. The second kappa shape index (κ2) is 6.67. The largest absolute Gasteiger partial charge is 0.396 e. The third-order valence-electron chi connectivity index (χ3n) is 2.85. The Kier molecular flexibility index (Phi) is 5.47. The van der Waals surface area contributed by atoms with Crippen molar-refractivity contribution in [1.29, 1.82) is 0 Å². The minimum atomic E-state index is 0.163. The number of hydrogen-bond acceptors (Lipinski definition) is 2. The second-order valence-electron chi connectivity index (χ2n) is 4.18. The average molecular weight is 214 g/mol. The van der Waals surface area contributed by atoms with Crippen LogP contribution in [0.3, 0.4) is 0 Å². The molecule has 88 valence electrons. The number of amides is 2. The van der Waals surface area contributed by atoms with Crippen LogP contribution in [0, 0.1) is 0 Å². The topological polar surface area (TPSA) is 43.8 Å². The molecular weight excluding hydrogens is 192 g/mol. The molecule has 0 radical (unpaired) electrons. The number of urea groups is 1. The van der Waals surface area contributed by atoms with E-state index in [-0.39, 0.29) is 12.6 Å². The minimum absolute atomic E-state index is 0.163. The van der Waals surface area contributed by atoms with Crippen LogP contribution in [-0.2, 0) is 0 Å². The SMILES string of the molecule is CN(CCCCCO)C(=O)N1CCCC1. The molecule has 0 unspecified atom stereocenters. The van der Waals surface area contributed by atoms with Crippen LogP contribution in [0.25, 0.3) is 0 Å². The van der Waals surface area contributed by atoms with Gasteiger partial charge >= 0.3 is 6.03 Å². The zero-order chi connectivity index (χ0) is 11.1. The Bertz CT molecular complexity index is 191. The van der Waals surface area contributed by atoms with E-state index in [1.165, 1.54) is 0 Å². The van der Waals surface area contributed by atoms with Crippen molar-refractivity contribution in [2.45, 2.75) is 32.1 Å². The highest BCUT2D eigenvalue weighted by Crippen LogP contribution is 2.10. The Morgan fingerprint density at radius 2 is 1.93 bits per heavy atom. The molecule has 1 fully saturated rings. The lowest BCUT2D eigenvalue weighted by atomic mass is 10.2. The molecule has 15 heavy (non-hydrogen) atoms. The van der Waals surface area contributed by atoms with E-state index in [4.69, 9.17) is 5.11 Å². The molecule has 1 heterocycles. The first-order valence-corrected chi connectivity index (χ1v) is 5.86. The number of rotatable bonds is 5. The van der Waals surface area contributed by atoms with Gasteiger partial charge < -0.3 is 14.9 Å². The summed E-state index contributed by atoms with van der Waals surface area (Å²) >= 11 is 0. The molecule has 1 aliphatic rings. The van der Waals surface area contributed by atoms with Crippen molar-refractivity contribution in [1.82, 2.24) is 9.80 Å². The molecule has 0 saturated carbocycles. The lowest BCUT2D eigenvalue weighted by Crippen LogP contribution is -2.39. The summed E-state index contributed by atoms with van der Waals surface area (Å²) in [5.74, 6) is 0. The van der Waals surface area contributed by atoms with Crippen molar-refractivity contribution < 1.29 is 9.90 Å². The summed E-state index contributed by atoms with van der Waals surface area (Å²) in [4.78, 5) is 15.5. The smallest absolute Gasteiger partial charge is 0.319 e. The first-order chi connectivity index (χ1) is 7.25. The molecule has 0 bridgehead atoms. The highest BCUT2D eigenvalue weighted by molar-refractivity contribution is 5.74. The van der Waals surface area contributed by atoms with Crippen molar-refractivity contribution >= 4 is 6.03 Å². The summed E-state index contributed by atoms with van der Waals surface area (Å²) in [6.45, 7) is 2.89. The third-order valence-corrected chi connectivity index (χ3v) is 2.85. The Balaban J connectivity index is 2.14. The lowest BCUT2D eigenvalue weighted by Gasteiger charge is -2.24. The summed E-state index contributed by atoms with van der Waals surface area (Å²) < 4.78 is 0. The van der Waals surface area contributed by atoms with Crippen LogP contribution < -0.4 is 0 Å². The van der Waals surface area contributed by atoms with Crippen molar-refractivity contribution in [2.24, 2.45) is 0 Å². The summed E-state index contributed by atoms with van der Waals surface area (Å²) in [6.07, 6.45) is 5.10. The van der Waals surface area contributed by atoms with E-state index >= 15 is 0 Å². The predicted molar refractivity (Wildman–Crippen MR) is 59.8 cm³/mol.